The Morgan fingerprint density at radius 2 is 1.80 bits per heavy atom. The fourth-order valence-corrected chi connectivity index (χ4v) is 5.29. The molecule has 0 aromatic heterocycles. The summed E-state index contributed by atoms with van der Waals surface area (Å²) in [5.74, 6) is 0.0951. The Bertz CT molecular complexity index is 768. The highest BCUT2D eigenvalue weighted by atomic mass is 35.5. The molecule has 3 aliphatic heterocycles. The van der Waals surface area contributed by atoms with Crippen molar-refractivity contribution in [3.05, 3.63) is 34.9 Å². The molecule has 1 N–H and O–H groups in total. The quantitative estimate of drug-likeness (QED) is 0.787. The fourth-order valence-electron chi connectivity index (χ4n) is 5.17. The minimum Gasteiger partial charge on any atom is -0.465 e. The normalized spacial score (nSPS) is 28.1. The third-order valence-corrected chi connectivity index (χ3v) is 7.23. The molecule has 7 nitrogen and oxygen atoms in total. The van der Waals surface area contributed by atoms with E-state index in [4.69, 9.17) is 16.3 Å². The number of hydrogen-bond acceptors (Lipinski definition) is 4. The van der Waals surface area contributed by atoms with E-state index in [1.807, 2.05) is 29.2 Å². The third kappa shape index (κ3) is 4.43. The van der Waals surface area contributed by atoms with Crippen molar-refractivity contribution in [3.63, 3.8) is 0 Å². The van der Waals surface area contributed by atoms with Crippen LogP contribution in [0.5, 0.6) is 0 Å². The van der Waals surface area contributed by atoms with E-state index < -0.39 is 6.09 Å². The Kier molecular flexibility index (Phi) is 6.51. The second kappa shape index (κ2) is 9.12. The SMILES string of the molecule is CN(C(=O)O)[C@@H]1CN(C(=O)C2CCN(C3CCOCC3)C2)C[C@H]1c1ccc(Cl)cc1. The summed E-state index contributed by atoms with van der Waals surface area (Å²) in [6.45, 7) is 4.33. The van der Waals surface area contributed by atoms with E-state index >= 15 is 0 Å². The monoisotopic (exact) mass is 435 g/mol. The summed E-state index contributed by atoms with van der Waals surface area (Å²) in [7, 11) is 1.59. The zero-order valence-electron chi connectivity index (χ0n) is 17.4. The summed E-state index contributed by atoms with van der Waals surface area (Å²) in [5, 5.41) is 10.2. The summed E-state index contributed by atoms with van der Waals surface area (Å²) in [6.07, 6.45) is 1.97. The smallest absolute Gasteiger partial charge is 0.407 e. The molecule has 3 saturated heterocycles. The van der Waals surface area contributed by atoms with Gasteiger partial charge in [0.1, 0.15) is 0 Å². The first-order valence-corrected chi connectivity index (χ1v) is 11.1. The second-order valence-corrected chi connectivity index (χ2v) is 9.12. The van der Waals surface area contributed by atoms with E-state index in [-0.39, 0.29) is 23.8 Å². The van der Waals surface area contributed by atoms with Crippen LogP contribution in [0.15, 0.2) is 24.3 Å². The summed E-state index contributed by atoms with van der Waals surface area (Å²) >= 11 is 6.03. The predicted molar refractivity (Wildman–Crippen MR) is 114 cm³/mol. The van der Waals surface area contributed by atoms with E-state index in [2.05, 4.69) is 4.90 Å². The minimum absolute atomic E-state index is 0.00685. The zero-order valence-corrected chi connectivity index (χ0v) is 18.1. The number of likely N-dealkylation sites (N-methyl/N-ethyl adjacent to an activating group) is 1. The highest BCUT2D eigenvalue weighted by Gasteiger charge is 2.43. The average molecular weight is 436 g/mol. The molecule has 1 aromatic rings. The van der Waals surface area contributed by atoms with Crippen LogP contribution in [0.4, 0.5) is 4.79 Å². The Labute approximate surface area is 182 Å². The molecule has 164 valence electrons. The lowest BCUT2D eigenvalue weighted by Crippen LogP contribution is -2.43. The van der Waals surface area contributed by atoms with Crippen LogP contribution in [0.25, 0.3) is 0 Å². The first kappa shape index (κ1) is 21.4. The molecule has 4 rings (SSSR count). The van der Waals surface area contributed by atoms with Crippen molar-refractivity contribution < 1.29 is 19.4 Å². The lowest BCUT2D eigenvalue weighted by molar-refractivity contribution is -0.134. The number of halogens is 1. The van der Waals surface area contributed by atoms with Crippen molar-refractivity contribution in [3.8, 4) is 0 Å². The van der Waals surface area contributed by atoms with Crippen molar-refractivity contribution in [2.24, 2.45) is 5.92 Å². The molecule has 0 aliphatic carbocycles. The van der Waals surface area contributed by atoms with E-state index in [1.165, 1.54) is 4.90 Å². The fraction of sp³-hybridized carbons (Fsp3) is 0.636. The van der Waals surface area contributed by atoms with Gasteiger partial charge in [0.05, 0.1) is 12.0 Å². The van der Waals surface area contributed by atoms with Gasteiger partial charge in [0.25, 0.3) is 0 Å². The zero-order chi connectivity index (χ0) is 21.3. The van der Waals surface area contributed by atoms with Crippen LogP contribution in [-0.4, -0.2) is 90.3 Å². The maximum Gasteiger partial charge on any atom is 0.407 e. The summed E-state index contributed by atoms with van der Waals surface area (Å²) < 4.78 is 5.47. The Balaban J connectivity index is 1.45. The molecule has 1 unspecified atom stereocenters. The number of carbonyl (C=O) groups is 2. The van der Waals surface area contributed by atoms with Gasteiger partial charge in [-0.1, -0.05) is 23.7 Å². The number of ether oxygens (including phenoxy) is 1. The topological polar surface area (TPSA) is 73.3 Å². The minimum atomic E-state index is -0.972. The van der Waals surface area contributed by atoms with Crippen molar-refractivity contribution in [2.45, 2.75) is 37.3 Å². The van der Waals surface area contributed by atoms with Gasteiger partial charge in [-0.2, -0.15) is 0 Å². The maximum absolute atomic E-state index is 13.3. The molecule has 1 aromatic carbocycles. The molecule has 3 atom stereocenters. The number of benzene rings is 1. The van der Waals surface area contributed by atoms with Crippen molar-refractivity contribution in [1.82, 2.24) is 14.7 Å². The van der Waals surface area contributed by atoms with E-state index in [9.17, 15) is 14.7 Å². The Hall–Kier alpha value is -1.83. The molecule has 0 spiro atoms. The Morgan fingerprint density at radius 1 is 1.10 bits per heavy atom. The molecule has 2 amide bonds. The molecule has 0 saturated carbocycles. The van der Waals surface area contributed by atoms with Crippen molar-refractivity contribution in [2.75, 3.05) is 46.4 Å². The number of nitrogens with zero attached hydrogens (tertiary/aromatic N) is 3. The van der Waals surface area contributed by atoms with Gasteiger partial charge < -0.3 is 19.6 Å². The highest BCUT2D eigenvalue weighted by Crippen LogP contribution is 2.34. The van der Waals surface area contributed by atoms with Crippen LogP contribution in [0, 0.1) is 5.92 Å². The van der Waals surface area contributed by atoms with Crippen LogP contribution < -0.4 is 0 Å². The summed E-state index contributed by atoms with van der Waals surface area (Å²) in [4.78, 5) is 30.6. The van der Waals surface area contributed by atoms with Crippen LogP contribution in [-0.2, 0) is 9.53 Å². The molecule has 0 bridgehead atoms. The van der Waals surface area contributed by atoms with Gasteiger partial charge in [-0.05, 0) is 43.5 Å². The lowest BCUT2D eigenvalue weighted by Gasteiger charge is -2.31. The Morgan fingerprint density at radius 3 is 2.47 bits per heavy atom. The van der Waals surface area contributed by atoms with Gasteiger partial charge in [-0.3, -0.25) is 9.69 Å². The van der Waals surface area contributed by atoms with E-state index in [1.54, 1.807) is 7.05 Å². The van der Waals surface area contributed by atoms with E-state index in [0.29, 0.717) is 24.2 Å². The first-order chi connectivity index (χ1) is 14.4. The van der Waals surface area contributed by atoms with Crippen LogP contribution in [0.3, 0.4) is 0 Å². The molecule has 3 heterocycles. The van der Waals surface area contributed by atoms with Crippen molar-refractivity contribution >= 4 is 23.6 Å². The number of hydrogen-bond donors (Lipinski definition) is 1. The first-order valence-electron chi connectivity index (χ1n) is 10.8. The second-order valence-electron chi connectivity index (χ2n) is 8.69. The standard InChI is InChI=1S/C22H30ClN3O4/c1-24(22(28)29)20-14-26(13-19(20)15-2-4-17(23)5-3-15)21(27)16-6-9-25(12-16)18-7-10-30-11-8-18/h2-5,16,18-20H,6-14H2,1H3,(H,28,29)/t16?,19-,20+/m0/s1. The van der Waals surface area contributed by atoms with Gasteiger partial charge in [0.15, 0.2) is 0 Å². The largest absolute Gasteiger partial charge is 0.465 e. The number of likely N-dealkylation sites (tertiary alicyclic amines) is 2. The number of rotatable bonds is 4. The van der Waals surface area contributed by atoms with Crippen LogP contribution in [0.2, 0.25) is 5.02 Å². The van der Waals surface area contributed by atoms with Gasteiger partial charge in [0, 0.05) is 56.9 Å². The molecule has 8 heteroatoms. The molecule has 30 heavy (non-hydrogen) atoms. The van der Waals surface area contributed by atoms with Crippen molar-refractivity contribution in [1.29, 1.82) is 0 Å². The number of carbonyl (C=O) groups excluding carboxylic acids is 1. The highest BCUT2D eigenvalue weighted by molar-refractivity contribution is 6.30. The number of carboxylic acid groups (broad SMARTS) is 1. The van der Waals surface area contributed by atoms with Gasteiger partial charge in [-0.25, -0.2) is 4.79 Å². The molecule has 0 radical (unpaired) electrons. The van der Waals surface area contributed by atoms with Crippen LogP contribution in [0.1, 0.15) is 30.7 Å². The maximum atomic E-state index is 13.3. The average Bonchev–Trinajstić information content (AvgIpc) is 3.42. The molecule has 3 fully saturated rings. The molecular formula is C22H30ClN3O4. The molecule has 3 aliphatic rings. The number of amides is 2. The van der Waals surface area contributed by atoms with Gasteiger partial charge in [0.2, 0.25) is 5.91 Å². The summed E-state index contributed by atoms with van der Waals surface area (Å²) in [5.41, 5.74) is 1.02. The van der Waals surface area contributed by atoms with Gasteiger partial charge in [-0.15, -0.1) is 0 Å². The van der Waals surface area contributed by atoms with E-state index in [0.717, 1.165) is 51.1 Å². The third-order valence-electron chi connectivity index (χ3n) is 6.97. The van der Waals surface area contributed by atoms with Crippen LogP contribution >= 0.6 is 11.6 Å². The van der Waals surface area contributed by atoms with Gasteiger partial charge >= 0.3 is 6.09 Å². The lowest BCUT2D eigenvalue weighted by atomic mass is 9.94. The summed E-state index contributed by atoms with van der Waals surface area (Å²) in [6, 6.07) is 7.77. The predicted octanol–water partition coefficient (Wildman–Crippen LogP) is 2.75. The molecular weight excluding hydrogens is 406 g/mol.